The van der Waals surface area contributed by atoms with E-state index in [1.165, 1.54) is 12.1 Å². The van der Waals surface area contributed by atoms with Crippen LogP contribution in [-0.2, 0) is 16.0 Å². The van der Waals surface area contributed by atoms with Gasteiger partial charge >= 0.3 is 5.97 Å². The monoisotopic (exact) mass is 290 g/mol. The molecular weight excluding hydrogens is 272 g/mol. The minimum absolute atomic E-state index is 0.160. The lowest BCUT2D eigenvalue weighted by molar-refractivity contribution is -0.140. The Hall–Kier alpha value is -2.34. The fraction of sp³-hybridized carbons (Fsp3) is 0.333. The van der Waals surface area contributed by atoms with Gasteiger partial charge in [0.2, 0.25) is 5.91 Å². The molecule has 0 radical (unpaired) electrons. The normalized spacial score (nSPS) is 22.0. The largest absolute Gasteiger partial charge is 0.508 e. The van der Waals surface area contributed by atoms with Crippen molar-refractivity contribution < 1.29 is 19.8 Å². The molecule has 1 aromatic carbocycles. The lowest BCUT2D eigenvalue weighted by Gasteiger charge is -2.16. The Morgan fingerprint density at radius 1 is 1.29 bits per heavy atom. The van der Waals surface area contributed by atoms with Crippen LogP contribution in [0, 0.1) is 5.92 Å². The van der Waals surface area contributed by atoms with E-state index in [-0.39, 0.29) is 17.7 Å². The molecule has 21 heavy (non-hydrogen) atoms. The minimum Gasteiger partial charge on any atom is -0.508 e. The van der Waals surface area contributed by atoms with Crippen molar-refractivity contribution in [3.63, 3.8) is 0 Å². The Bertz CT molecular complexity index is 553. The lowest BCUT2D eigenvalue weighted by Crippen LogP contribution is -2.45. The van der Waals surface area contributed by atoms with E-state index in [9.17, 15) is 14.7 Å². The number of phenols is 1. The number of carboxylic acids is 1. The van der Waals surface area contributed by atoms with Crippen molar-refractivity contribution in [2.45, 2.75) is 24.9 Å². The summed E-state index contributed by atoms with van der Waals surface area (Å²) in [6.45, 7) is 0. The zero-order valence-corrected chi connectivity index (χ0v) is 11.4. The molecule has 3 unspecified atom stereocenters. The number of benzene rings is 1. The SMILES string of the molecule is NC(Cc1ccc(O)cc1)C(=O)NC1C=CC(C(=O)O)C1. The van der Waals surface area contributed by atoms with Gasteiger partial charge in [-0.15, -0.1) is 0 Å². The van der Waals surface area contributed by atoms with Crippen LogP contribution in [0.1, 0.15) is 12.0 Å². The summed E-state index contributed by atoms with van der Waals surface area (Å²) in [5.41, 5.74) is 6.69. The van der Waals surface area contributed by atoms with Crippen LogP contribution in [0.25, 0.3) is 0 Å². The molecule has 3 atom stereocenters. The number of aromatic hydroxyl groups is 1. The highest BCUT2D eigenvalue weighted by molar-refractivity contribution is 5.82. The quantitative estimate of drug-likeness (QED) is 0.587. The third-order valence-corrected chi connectivity index (χ3v) is 3.46. The van der Waals surface area contributed by atoms with Gasteiger partial charge in [-0.2, -0.15) is 0 Å². The van der Waals surface area contributed by atoms with Crippen LogP contribution >= 0.6 is 0 Å². The van der Waals surface area contributed by atoms with Crippen molar-refractivity contribution >= 4 is 11.9 Å². The Morgan fingerprint density at radius 3 is 2.52 bits per heavy atom. The van der Waals surface area contributed by atoms with Crippen LogP contribution in [0.4, 0.5) is 0 Å². The zero-order valence-electron chi connectivity index (χ0n) is 11.4. The molecule has 1 aliphatic rings. The maximum Gasteiger partial charge on any atom is 0.310 e. The van der Waals surface area contributed by atoms with E-state index in [0.717, 1.165) is 5.56 Å². The number of phenolic OH excluding ortho intramolecular Hbond substituents is 1. The second kappa shape index (κ2) is 6.41. The molecule has 0 aliphatic heterocycles. The van der Waals surface area contributed by atoms with Crippen LogP contribution < -0.4 is 11.1 Å². The molecule has 0 heterocycles. The van der Waals surface area contributed by atoms with Gasteiger partial charge in [0.1, 0.15) is 5.75 Å². The molecule has 0 fully saturated rings. The van der Waals surface area contributed by atoms with Gasteiger partial charge in [0.05, 0.1) is 12.0 Å². The molecule has 112 valence electrons. The second-order valence-corrected chi connectivity index (χ2v) is 5.16. The van der Waals surface area contributed by atoms with Gasteiger partial charge in [-0.05, 0) is 30.5 Å². The highest BCUT2D eigenvalue weighted by Crippen LogP contribution is 2.18. The lowest BCUT2D eigenvalue weighted by atomic mass is 10.0. The number of aliphatic carboxylic acids is 1. The van der Waals surface area contributed by atoms with Crippen LogP contribution in [0.5, 0.6) is 5.75 Å². The first-order valence-electron chi connectivity index (χ1n) is 6.70. The summed E-state index contributed by atoms with van der Waals surface area (Å²) in [6, 6.07) is 5.49. The Morgan fingerprint density at radius 2 is 1.95 bits per heavy atom. The van der Waals surface area contributed by atoms with Crippen molar-refractivity contribution in [1.82, 2.24) is 5.32 Å². The van der Waals surface area contributed by atoms with E-state index >= 15 is 0 Å². The van der Waals surface area contributed by atoms with Gasteiger partial charge < -0.3 is 21.3 Å². The fourth-order valence-electron chi connectivity index (χ4n) is 2.26. The summed E-state index contributed by atoms with van der Waals surface area (Å²) in [5.74, 6) is -1.60. The zero-order chi connectivity index (χ0) is 15.4. The average molecular weight is 290 g/mol. The Labute approximate surface area is 122 Å². The molecule has 0 saturated heterocycles. The summed E-state index contributed by atoms with van der Waals surface area (Å²) in [4.78, 5) is 22.8. The number of amides is 1. The highest BCUT2D eigenvalue weighted by atomic mass is 16.4. The number of hydrogen-bond donors (Lipinski definition) is 4. The van der Waals surface area contributed by atoms with E-state index in [4.69, 9.17) is 10.8 Å². The number of nitrogens with one attached hydrogen (secondary N) is 1. The molecule has 0 spiro atoms. The van der Waals surface area contributed by atoms with Crippen molar-refractivity contribution in [3.8, 4) is 5.75 Å². The van der Waals surface area contributed by atoms with Crippen LogP contribution in [-0.4, -0.2) is 34.2 Å². The Balaban J connectivity index is 1.85. The van der Waals surface area contributed by atoms with E-state index in [0.29, 0.717) is 12.8 Å². The molecule has 0 aromatic heterocycles. The van der Waals surface area contributed by atoms with Crippen molar-refractivity contribution in [1.29, 1.82) is 0 Å². The fourth-order valence-corrected chi connectivity index (χ4v) is 2.26. The molecule has 6 nitrogen and oxygen atoms in total. The first-order chi connectivity index (χ1) is 9.95. The number of nitrogens with two attached hydrogens (primary N) is 1. The summed E-state index contributed by atoms with van der Waals surface area (Å²) < 4.78 is 0. The summed E-state index contributed by atoms with van der Waals surface area (Å²) in [5, 5.41) is 20.8. The number of hydrogen-bond acceptors (Lipinski definition) is 4. The summed E-state index contributed by atoms with van der Waals surface area (Å²) in [7, 11) is 0. The summed E-state index contributed by atoms with van der Waals surface area (Å²) in [6.07, 6.45) is 3.97. The van der Waals surface area contributed by atoms with Gasteiger partial charge in [0.25, 0.3) is 0 Å². The van der Waals surface area contributed by atoms with Crippen LogP contribution in [0.3, 0.4) is 0 Å². The van der Waals surface area contributed by atoms with Crippen molar-refractivity contribution in [2.24, 2.45) is 11.7 Å². The predicted molar refractivity (Wildman–Crippen MR) is 76.6 cm³/mol. The molecule has 0 bridgehead atoms. The smallest absolute Gasteiger partial charge is 0.310 e. The first kappa shape index (κ1) is 15.1. The molecule has 1 aliphatic carbocycles. The maximum absolute atomic E-state index is 12.0. The molecule has 6 heteroatoms. The number of carbonyl (C=O) groups excluding carboxylic acids is 1. The standard InChI is InChI=1S/C15H18N2O4/c16-13(7-9-1-5-12(18)6-2-9)14(19)17-11-4-3-10(8-11)15(20)21/h1-6,10-11,13,18H,7-8,16H2,(H,17,19)(H,20,21). The third kappa shape index (κ3) is 4.06. The number of carbonyl (C=O) groups is 2. The topological polar surface area (TPSA) is 113 Å². The van der Waals surface area contributed by atoms with E-state index in [2.05, 4.69) is 5.32 Å². The van der Waals surface area contributed by atoms with E-state index in [1.807, 2.05) is 0 Å². The molecule has 1 amide bonds. The Kier molecular flexibility index (Phi) is 4.59. The van der Waals surface area contributed by atoms with E-state index < -0.39 is 17.9 Å². The molecular formula is C15H18N2O4. The van der Waals surface area contributed by atoms with Gasteiger partial charge in [0.15, 0.2) is 0 Å². The predicted octanol–water partition coefficient (Wildman–Crippen LogP) is 0.407. The van der Waals surface area contributed by atoms with Gasteiger partial charge in [-0.25, -0.2) is 0 Å². The van der Waals surface area contributed by atoms with Gasteiger partial charge in [0, 0.05) is 6.04 Å². The maximum atomic E-state index is 12.0. The minimum atomic E-state index is -0.892. The third-order valence-electron chi connectivity index (χ3n) is 3.46. The number of rotatable bonds is 5. The molecule has 1 aromatic rings. The number of carboxylic acid groups (broad SMARTS) is 1. The second-order valence-electron chi connectivity index (χ2n) is 5.16. The van der Waals surface area contributed by atoms with Crippen molar-refractivity contribution in [2.75, 3.05) is 0 Å². The van der Waals surface area contributed by atoms with Crippen molar-refractivity contribution in [3.05, 3.63) is 42.0 Å². The molecule has 5 N–H and O–H groups in total. The van der Waals surface area contributed by atoms with Gasteiger partial charge in [-0.3, -0.25) is 9.59 Å². The average Bonchev–Trinajstić information content (AvgIpc) is 2.90. The summed E-state index contributed by atoms with van der Waals surface area (Å²) >= 11 is 0. The van der Waals surface area contributed by atoms with Crippen LogP contribution in [0.15, 0.2) is 36.4 Å². The van der Waals surface area contributed by atoms with Gasteiger partial charge in [-0.1, -0.05) is 24.3 Å². The van der Waals surface area contributed by atoms with Crippen LogP contribution in [0.2, 0.25) is 0 Å². The van der Waals surface area contributed by atoms with E-state index in [1.54, 1.807) is 24.3 Å². The highest BCUT2D eigenvalue weighted by Gasteiger charge is 2.26. The first-order valence-corrected chi connectivity index (χ1v) is 6.70. The molecule has 2 rings (SSSR count). The molecule has 0 saturated carbocycles.